The first kappa shape index (κ1) is 31.3. The van der Waals surface area contributed by atoms with Crippen LogP contribution in [0.1, 0.15) is 41.5 Å². The van der Waals surface area contributed by atoms with Crippen LogP contribution in [0.2, 0.25) is 5.04 Å². The van der Waals surface area contributed by atoms with Crippen molar-refractivity contribution in [2.24, 2.45) is 0 Å². The Morgan fingerprint density at radius 1 is 0.659 bits per heavy atom. The van der Waals surface area contributed by atoms with Crippen LogP contribution in [0.3, 0.4) is 0 Å². The number of ether oxygens (including phenoxy) is 4. The highest BCUT2D eigenvalue weighted by molar-refractivity contribution is 6.99. The summed E-state index contributed by atoms with van der Waals surface area (Å²) < 4.78 is 31.1. The van der Waals surface area contributed by atoms with Crippen molar-refractivity contribution in [3.8, 4) is 0 Å². The predicted molar refractivity (Wildman–Crippen MR) is 171 cm³/mol. The number of carbonyl (C=O) groups excluding carboxylic acids is 2. The molecule has 1 fully saturated rings. The Hall–Kier alpha value is -4.08. The molecule has 228 valence electrons. The summed E-state index contributed by atoms with van der Waals surface area (Å²) in [6.07, 6.45) is -3.81. The highest BCUT2D eigenvalue weighted by atomic mass is 28.4. The summed E-state index contributed by atoms with van der Waals surface area (Å²) in [5, 5.41) is 1.92. The Labute approximate surface area is 259 Å². The van der Waals surface area contributed by atoms with Gasteiger partial charge in [-0.3, -0.25) is 0 Å². The number of esters is 2. The maximum Gasteiger partial charge on any atom is 0.338 e. The quantitative estimate of drug-likeness (QED) is 0.176. The first-order valence-electron chi connectivity index (χ1n) is 14.7. The molecule has 0 saturated carbocycles. The maximum absolute atomic E-state index is 13.4. The minimum Gasteiger partial charge on any atom is -0.452 e. The van der Waals surface area contributed by atoms with Gasteiger partial charge in [0, 0.05) is 7.11 Å². The minimum absolute atomic E-state index is 0.0687. The normalized spacial score (nSPS) is 20.2. The molecule has 4 aromatic carbocycles. The second kappa shape index (κ2) is 13.7. The summed E-state index contributed by atoms with van der Waals surface area (Å²) in [6.45, 7) is 6.62. The smallest absolute Gasteiger partial charge is 0.338 e. The highest BCUT2D eigenvalue weighted by Gasteiger charge is 2.54. The molecule has 1 saturated heterocycles. The SMILES string of the molecule is CO[C@@H]1O[C@H](CO[Si](c2ccccc2)(c2ccccc2)C(C)(C)C)[C@@H](OC(=O)c2ccccc2)[C@H]1OC(=O)c1ccccc1. The molecule has 7 nitrogen and oxygen atoms in total. The highest BCUT2D eigenvalue weighted by Crippen LogP contribution is 2.38. The van der Waals surface area contributed by atoms with Crippen molar-refractivity contribution in [2.45, 2.75) is 50.4 Å². The molecular formula is C36H38O7Si. The van der Waals surface area contributed by atoms with Crippen molar-refractivity contribution >= 4 is 30.6 Å². The second-order valence-corrected chi connectivity index (χ2v) is 16.0. The number of hydrogen-bond acceptors (Lipinski definition) is 7. The summed E-state index contributed by atoms with van der Waals surface area (Å²) in [5.74, 6) is -1.14. The fourth-order valence-electron chi connectivity index (χ4n) is 5.78. The van der Waals surface area contributed by atoms with Gasteiger partial charge in [-0.25, -0.2) is 9.59 Å². The van der Waals surface area contributed by atoms with Crippen molar-refractivity contribution in [3.05, 3.63) is 132 Å². The first-order chi connectivity index (χ1) is 21.2. The second-order valence-electron chi connectivity index (χ2n) is 11.7. The van der Waals surface area contributed by atoms with E-state index in [1.54, 1.807) is 48.5 Å². The van der Waals surface area contributed by atoms with E-state index < -0.39 is 44.9 Å². The van der Waals surface area contributed by atoms with E-state index in [4.69, 9.17) is 23.4 Å². The minimum atomic E-state index is -2.96. The molecule has 0 amide bonds. The van der Waals surface area contributed by atoms with Crippen molar-refractivity contribution in [1.82, 2.24) is 0 Å². The van der Waals surface area contributed by atoms with Crippen LogP contribution < -0.4 is 10.4 Å². The van der Waals surface area contributed by atoms with E-state index in [0.29, 0.717) is 11.1 Å². The lowest BCUT2D eigenvalue weighted by molar-refractivity contribution is -0.153. The van der Waals surface area contributed by atoms with Crippen LogP contribution in [0, 0.1) is 0 Å². The number of methoxy groups -OCH3 is 1. The molecular weight excluding hydrogens is 572 g/mol. The van der Waals surface area contributed by atoms with Gasteiger partial charge in [-0.05, 0) is 39.7 Å². The summed E-state index contributed by atoms with van der Waals surface area (Å²) in [7, 11) is -1.49. The molecule has 1 aliphatic heterocycles. The van der Waals surface area contributed by atoms with Gasteiger partial charge in [0.25, 0.3) is 8.32 Å². The average molecular weight is 611 g/mol. The van der Waals surface area contributed by atoms with Gasteiger partial charge in [-0.1, -0.05) is 118 Å². The zero-order valence-corrected chi connectivity index (χ0v) is 26.4. The fourth-order valence-corrected chi connectivity index (χ4v) is 10.4. The van der Waals surface area contributed by atoms with E-state index >= 15 is 0 Å². The molecule has 44 heavy (non-hydrogen) atoms. The molecule has 4 aromatic rings. The lowest BCUT2D eigenvalue weighted by atomic mass is 10.1. The predicted octanol–water partition coefficient (Wildman–Crippen LogP) is 5.39. The van der Waals surface area contributed by atoms with Crippen LogP contribution in [0.25, 0.3) is 0 Å². The number of carbonyl (C=O) groups is 2. The van der Waals surface area contributed by atoms with Gasteiger partial charge in [0.1, 0.15) is 6.10 Å². The summed E-state index contributed by atoms with van der Waals surface area (Å²) in [5.41, 5.74) is 0.732. The van der Waals surface area contributed by atoms with Gasteiger partial charge < -0.3 is 23.4 Å². The van der Waals surface area contributed by atoms with Gasteiger partial charge >= 0.3 is 11.9 Å². The van der Waals surface area contributed by atoms with Crippen molar-refractivity contribution in [1.29, 1.82) is 0 Å². The molecule has 5 rings (SSSR count). The molecule has 1 aliphatic rings. The van der Waals surface area contributed by atoms with Gasteiger partial charge in [-0.15, -0.1) is 0 Å². The van der Waals surface area contributed by atoms with E-state index in [9.17, 15) is 9.59 Å². The molecule has 0 N–H and O–H groups in total. The third kappa shape index (κ3) is 6.54. The topological polar surface area (TPSA) is 80.3 Å². The molecule has 0 bridgehead atoms. The molecule has 0 aromatic heterocycles. The van der Waals surface area contributed by atoms with Crippen LogP contribution in [-0.2, 0) is 23.4 Å². The van der Waals surface area contributed by atoms with E-state index in [1.165, 1.54) is 7.11 Å². The average Bonchev–Trinajstić information content (AvgIpc) is 3.37. The van der Waals surface area contributed by atoms with Crippen LogP contribution in [0.15, 0.2) is 121 Å². The Morgan fingerprint density at radius 2 is 1.07 bits per heavy atom. The molecule has 1 heterocycles. The Kier molecular flexibility index (Phi) is 9.76. The van der Waals surface area contributed by atoms with Gasteiger partial charge in [0.2, 0.25) is 0 Å². The number of rotatable bonds is 10. The fraction of sp³-hybridized carbons (Fsp3) is 0.278. The number of benzene rings is 4. The van der Waals surface area contributed by atoms with Gasteiger partial charge in [-0.2, -0.15) is 0 Å². The van der Waals surface area contributed by atoms with Crippen molar-refractivity contribution in [3.63, 3.8) is 0 Å². The molecule has 8 heteroatoms. The molecule has 0 radical (unpaired) electrons. The largest absolute Gasteiger partial charge is 0.452 e. The lowest BCUT2D eigenvalue weighted by Gasteiger charge is -2.43. The summed E-state index contributed by atoms with van der Waals surface area (Å²) in [4.78, 5) is 26.5. The third-order valence-electron chi connectivity index (χ3n) is 7.89. The van der Waals surface area contributed by atoms with Crippen molar-refractivity contribution < 1.29 is 33.0 Å². The van der Waals surface area contributed by atoms with Gasteiger partial charge in [0.05, 0.1) is 17.7 Å². The van der Waals surface area contributed by atoms with Crippen LogP contribution >= 0.6 is 0 Å². The van der Waals surface area contributed by atoms with Crippen LogP contribution in [-0.4, -0.2) is 58.6 Å². The van der Waals surface area contributed by atoms with E-state index in [1.807, 2.05) is 48.5 Å². The van der Waals surface area contributed by atoms with Crippen LogP contribution in [0.4, 0.5) is 0 Å². The summed E-state index contributed by atoms with van der Waals surface area (Å²) >= 11 is 0. The lowest BCUT2D eigenvalue weighted by Crippen LogP contribution is -2.67. The first-order valence-corrected chi connectivity index (χ1v) is 16.6. The van der Waals surface area contributed by atoms with E-state index in [2.05, 4.69) is 45.0 Å². The van der Waals surface area contributed by atoms with Crippen LogP contribution in [0.5, 0.6) is 0 Å². The Balaban J connectivity index is 1.51. The summed E-state index contributed by atoms with van der Waals surface area (Å²) in [6, 6.07) is 37.8. The monoisotopic (exact) mass is 610 g/mol. The molecule has 0 aliphatic carbocycles. The van der Waals surface area contributed by atoms with Gasteiger partial charge in [0.15, 0.2) is 18.5 Å². The molecule has 4 atom stereocenters. The zero-order valence-electron chi connectivity index (χ0n) is 25.4. The maximum atomic E-state index is 13.4. The Morgan fingerprint density at radius 3 is 1.48 bits per heavy atom. The zero-order chi connectivity index (χ0) is 31.2. The molecule has 0 unspecified atom stereocenters. The molecule has 0 spiro atoms. The Bertz CT molecular complexity index is 1470. The standard InChI is InChI=1S/C36H38O7Si/c1-36(2,3)44(28-21-13-7-14-22-28,29-23-15-8-16-24-29)40-25-30-31(42-33(37)26-17-9-5-10-18-26)32(35(39-4)41-30)43-34(38)27-19-11-6-12-20-27/h5-24,30-32,35H,25H2,1-4H3/t30-,31-,32-,35-/m1/s1. The van der Waals surface area contributed by atoms with Crippen molar-refractivity contribution in [2.75, 3.05) is 13.7 Å². The third-order valence-corrected chi connectivity index (χ3v) is 12.9. The van der Waals surface area contributed by atoms with E-state index in [-0.39, 0.29) is 11.6 Å². The number of hydrogen-bond donors (Lipinski definition) is 0. The van der Waals surface area contributed by atoms with E-state index in [0.717, 1.165) is 10.4 Å².